The maximum absolute atomic E-state index is 5.04. The summed E-state index contributed by atoms with van der Waals surface area (Å²) in [6.07, 6.45) is 0.809. The number of fused-ring (bicyclic) bond motifs is 1. The first-order chi connectivity index (χ1) is 6.16. The molecule has 4 nitrogen and oxygen atoms in total. The van der Waals surface area contributed by atoms with E-state index < -0.39 is 0 Å². The standard InChI is InChI=1S/C9H11N3O/c1-5-4-6(2)11-9-8(10-5)7(3)12-13-9/h4H2,1-3H3. The minimum absolute atomic E-state index is 0.534. The van der Waals surface area contributed by atoms with Crippen LogP contribution >= 0.6 is 0 Å². The molecule has 0 saturated heterocycles. The molecule has 0 amide bonds. The highest BCUT2D eigenvalue weighted by Crippen LogP contribution is 2.33. The Labute approximate surface area is 76.4 Å². The van der Waals surface area contributed by atoms with Gasteiger partial charge in [0.15, 0.2) is 5.69 Å². The van der Waals surface area contributed by atoms with Gasteiger partial charge in [0.05, 0.1) is 0 Å². The number of hydrogen-bond acceptors (Lipinski definition) is 4. The number of aryl methyl sites for hydroxylation is 1. The van der Waals surface area contributed by atoms with Crippen molar-refractivity contribution in [3.63, 3.8) is 0 Å². The zero-order valence-corrected chi connectivity index (χ0v) is 7.96. The lowest BCUT2D eigenvalue weighted by Gasteiger charge is -1.93. The Balaban J connectivity index is 2.62. The van der Waals surface area contributed by atoms with Gasteiger partial charge in [-0.15, -0.1) is 0 Å². The fraction of sp³-hybridized carbons (Fsp3) is 0.444. The lowest BCUT2D eigenvalue weighted by atomic mass is 10.2. The molecule has 2 rings (SSSR count). The van der Waals surface area contributed by atoms with E-state index in [0.717, 1.165) is 29.2 Å². The van der Waals surface area contributed by atoms with Crippen LogP contribution in [-0.4, -0.2) is 16.6 Å². The third-order valence-electron chi connectivity index (χ3n) is 1.92. The number of hydrogen-bond donors (Lipinski definition) is 0. The topological polar surface area (TPSA) is 50.8 Å². The van der Waals surface area contributed by atoms with Crippen molar-refractivity contribution in [3.8, 4) is 0 Å². The van der Waals surface area contributed by atoms with Crippen LogP contribution in [-0.2, 0) is 0 Å². The third-order valence-corrected chi connectivity index (χ3v) is 1.92. The van der Waals surface area contributed by atoms with Gasteiger partial charge in [-0.2, -0.15) is 0 Å². The summed E-state index contributed by atoms with van der Waals surface area (Å²) >= 11 is 0. The molecular formula is C9H11N3O. The van der Waals surface area contributed by atoms with E-state index in [1.807, 2.05) is 20.8 Å². The Hall–Kier alpha value is -1.45. The largest absolute Gasteiger partial charge is 0.334 e. The highest BCUT2D eigenvalue weighted by molar-refractivity contribution is 6.05. The van der Waals surface area contributed by atoms with Gasteiger partial charge in [-0.1, -0.05) is 5.16 Å². The number of nitrogens with zero attached hydrogens (tertiary/aromatic N) is 3. The average Bonchev–Trinajstić information content (AvgIpc) is 2.32. The highest BCUT2D eigenvalue weighted by Gasteiger charge is 2.15. The van der Waals surface area contributed by atoms with E-state index in [-0.39, 0.29) is 0 Å². The number of aliphatic imine (C=N–C) groups is 2. The molecule has 1 aromatic heterocycles. The fourth-order valence-corrected chi connectivity index (χ4v) is 1.37. The lowest BCUT2D eigenvalue weighted by molar-refractivity contribution is 0.425. The maximum Gasteiger partial charge on any atom is 0.276 e. The summed E-state index contributed by atoms with van der Waals surface area (Å²) in [6, 6.07) is 0. The zero-order valence-electron chi connectivity index (χ0n) is 7.96. The molecule has 1 aliphatic rings. The van der Waals surface area contributed by atoms with E-state index in [0.29, 0.717) is 5.88 Å². The SMILES string of the molecule is CC1=Nc2onc(C)c2N=C(C)C1. The Bertz CT molecular complexity index is 401. The summed E-state index contributed by atoms with van der Waals surface area (Å²) in [5.74, 6) is 0.534. The summed E-state index contributed by atoms with van der Waals surface area (Å²) in [5.41, 5.74) is 3.63. The minimum Gasteiger partial charge on any atom is -0.334 e. The summed E-state index contributed by atoms with van der Waals surface area (Å²) in [6.45, 7) is 5.82. The molecule has 0 radical (unpaired) electrons. The third kappa shape index (κ3) is 1.39. The van der Waals surface area contributed by atoms with Gasteiger partial charge in [-0.05, 0) is 20.8 Å². The van der Waals surface area contributed by atoms with E-state index in [1.54, 1.807) is 0 Å². The molecule has 68 valence electrons. The monoisotopic (exact) mass is 177 g/mol. The van der Waals surface area contributed by atoms with Crippen molar-refractivity contribution in [1.29, 1.82) is 0 Å². The molecule has 4 heteroatoms. The second kappa shape index (κ2) is 2.80. The van der Waals surface area contributed by atoms with Crippen molar-refractivity contribution in [3.05, 3.63) is 5.69 Å². The number of rotatable bonds is 0. The molecule has 0 unspecified atom stereocenters. The normalized spacial score (nSPS) is 15.9. The van der Waals surface area contributed by atoms with Crippen LogP contribution < -0.4 is 0 Å². The molecule has 2 heterocycles. The van der Waals surface area contributed by atoms with Gasteiger partial charge in [-0.3, -0.25) is 0 Å². The van der Waals surface area contributed by atoms with Gasteiger partial charge in [0.2, 0.25) is 0 Å². The van der Waals surface area contributed by atoms with Gasteiger partial charge in [-0.25, -0.2) is 9.98 Å². The van der Waals surface area contributed by atoms with Gasteiger partial charge in [0, 0.05) is 17.8 Å². The molecule has 0 spiro atoms. The Morgan fingerprint density at radius 3 is 2.54 bits per heavy atom. The summed E-state index contributed by atoms with van der Waals surface area (Å²) < 4.78 is 5.04. The van der Waals surface area contributed by atoms with Crippen molar-refractivity contribution < 1.29 is 4.52 Å². The maximum atomic E-state index is 5.04. The van der Waals surface area contributed by atoms with Crippen LogP contribution in [0.4, 0.5) is 11.6 Å². The molecule has 0 saturated carbocycles. The Kier molecular flexibility index (Phi) is 1.76. The van der Waals surface area contributed by atoms with Crippen molar-refractivity contribution in [2.75, 3.05) is 0 Å². The average molecular weight is 177 g/mol. The molecule has 0 N–H and O–H groups in total. The van der Waals surface area contributed by atoms with E-state index in [4.69, 9.17) is 4.52 Å². The second-order valence-electron chi connectivity index (χ2n) is 3.29. The predicted molar refractivity (Wildman–Crippen MR) is 51.4 cm³/mol. The van der Waals surface area contributed by atoms with Crippen LogP contribution in [0, 0.1) is 6.92 Å². The highest BCUT2D eigenvalue weighted by atomic mass is 16.5. The van der Waals surface area contributed by atoms with Gasteiger partial charge in [0.25, 0.3) is 5.88 Å². The van der Waals surface area contributed by atoms with Crippen LogP contribution in [0.15, 0.2) is 14.5 Å². The molecule has 1 aromatic rings. The first kappa shape index (κ1) is 8.16. The molecule has 0 fully saturated rings. The smallest absolute Gasteiger partial charge is 0.276 e. The number of aromatic nitrogens is 1. The summed E-state index contributed by atoms with van der Waals surface area (Å²) in [5, 5.41) is 3.82. The van der Waals surface area contributed by atoms with Crippen LogP contribution in [0.2, 0.25) is 0 Å². The molecule has 0 aliphatic carbocycles. The van der Waals surface area contributed by atoms with E-state index in [9.17, 15) is 0 Å². The minimum atomic E-state index is 0.534. The summed E-state index contributed by atoms with van der Waals surface area (Å²) in [4.78, 5) is 8.68. The fourth-order valence-electron chi connectivity index (χ4n) is 1.37. The predicted octanol–water partition coefficient (Wildman–Crippen LogP) is 2.57. The first-order valence-electron chi connectivity index (χ1n) is 4.21. The zero-order chi connectivity index (χ0) is 9.42. The van der Waals surface area contributed by atoms with Crippen LogP contribution in [0.1, 0.15) is 26.0 Å². The molecule has 1 aliphatic heterocycles. The Morgan fingerprint density at radius 1 is 1.08 bits per heavy atom. The molecule has 0 aromatic carbocycles. The van der Waals surface area contributed by atoms with Crippen molar-refractivity contribution in [1.82, 2.24) is 5.16 Å². The lowest BCUT2D eigenvalue weighted by Crippen LogP contribution is -1.97. The van der Waals surface area contributed by atoms with Crippen molar-refractivity contribution in [2.45, 2.75) is 27.2 Å². The Morgan fingerprint density at radius 2 is 1.77 bits per heavy atom. The molecule has 13 heavy (non-hydrogen) atoms. The van der Waals surface area contributed by atoms with Gasteiger partial charge >= 0.3 is 0 Å². The van der Waals surface area contributed by atoms with Gasteiger partial charge < -0.3 is 4.52 Å². The molecule has 0 bridgehead atoms. The molecular weight excluding hydrogens is 166 g/mol. The van der Waals surface area contributed by atoms with Crippen molar-refractivity contribution >= 4 is 23.0 Å². The van der Waals surface area contributed by atoms with Crippen LogP contribution in [0.25, 0.3) is 0 Å². The van der Waals surface area contributed by atoms with Crippen LogP contribution in [0.5, 0.6) is 0 Å². The van der Waals surface area contributed by atoms with E-state index in [2.05, 4.69) is 15.1 Å². The molecule has 0 atom stereocenters. The van der Waals surface area contributed by atoms with Crippen molar-refractivity contribution in [2.24, 2.45) is 9.98 Å². The quantitative estimate of drug-likeness (QED) is 0.611. The first-order valence-corrected chi connectivity index (χ1v) is 4.21. The second-order valence-corrected chi connectivity index (χ2v) is 3.29. The van der Waals surface area contributed by atoms with E-state index >= 15 is 0 Å². The summed E-state index contributed by atoms with van der Waals surface area (Å²) in [7, 11) is 0. The van der Waals surface area contributed by atoms with E-state index in [1.165, 1.54) is 0 Å². The van der Waals surface area contributed by atoms with Crippen LogP contribution in [0.3, 0.4) is 0 Å². The van der Waals surface area contributed by atoms with Gasteiger partial charge in [0.1, 0.15) is 5.69 Å².